The van der Waals surface area contributed by atoms with Gasteiger partial charge in [-0.3, -0.25) is 4.98 Å². The highest BCUT2D eigenvalue weighted by atomic mass is 35.5. The summed E-state index contributed by atoms with van der Waals surface area (Å²) in [5.74, 6) is 0.659. The van der Waals surface area contributed by atoms with Crippen LogP contribution in [0.4, 0.5) is 0 Å². The first-order valence-corrected chi connectivity index (χ1v) is 6.75. The maximum atomic E-state index is 6.37. The lowest BCUT2D eigenvalue weighted by Crippen LogP contribution is -1.90. The third kappa shape index (κ3) is 2.16. The number of benzene rings is 1. The smallest absolute Gasteiger partial charge is 0.0720 e. The van der Waals surface area contributed by atoms with E-state index in [1.807, 2.05) is 0 Å². The van der Waals surface area contributed by atoms with Crippen molar-refractivity contribution in [1.82, 2.24) is 4.98 Å². The van der Waals surface area contributed by atoms with Crippen LogP contribution in [0.25, 0.3) is 10.9 Å². The predicted octanol–water partition coefficient (Wildman–Crippen LogP) is 4.72. The number of fused-ring (bicyclic) bond motifs is 1. The molecule has 1 aromatic heterocycles. The number of aromatic nitrogens is 1. The van der Waals surface area contributed by atoms with Crippen molar-refractivity contribution in [2.75, 3.05) is 0 Å². The summed E-state index contributed by atoms with van der Waals surface area (Å²) in [5.41, 5.74) is 3.56. The van der Waals surface area contributed by atoms with E-state index < -0.39 is 0 Å². The molecule has 0 radical (unpaired) electrons. The van der Waals surface area contributed by atoms with Crippen LogP contribution in [-0.2, 0) is 6.42 Å². The van der Waals surface area contributed by atoms with Crippen molar-refractivity contribution in [3.8, 4) is 0 Å². The van der Waals surface area contributed by atoms with E-state index in [2.05, 4.69) is 31.2 Å². The van der Waals surface area contributed by atoms with Gasteiger partial charge >= 0.3 is 0 Å². The van der Waals surface area contributed by atoms with Gasteiger partial charge in [0.25, 0.3) is 0 Å². The second kappa shape index (κ2) is 4.30. The lowest BCUT2D eigenvalue weighted by atomic mass is 10.1. The highest BCUT2D eigenvalue weighted by Crippen LogP contribution is 2.41. The third-order valence-electron chi connectivity index (χ3n) is 3.38. The summed E-state index contributed by atoms with van der Waals surface area (Å²) in [5, 5.41) is 1.96. The number of pyridine rings is 1. The average Bonchev–Trinajstić information content (AvgIpc) is 3.14. The molecule has 0 spiro atoms. The molecule has 1 fully saturated rings. The Labute approximate surface area is 107 Å². The van der Waals surface area contributed by atoms with Crippen LogP contribution >= 0.6 is 11.6 Å². The molecule has 0 bridgehead atoms. The van der Waals surface area contributed by atoms with Crippen LogP contribution in [0.2, 0.25) is 5.02 Å². The first-order valence-electron chi connectivity index (χ1n) is 6.37. The number of halogens is 1. The Hall–Kier alpha value is -1.08. The monoisotopic (exact) mass is 245 g/mol. The van der Waals surface area contributed by atoms with Gasteiger partial charge in [-0.25, -0.2) is 0 Å². The molecule has 1 aromatic carbocycles. The molecule has 1 nitrogen and oxygen atoms in total. The zero-order valence-electron chi connectivity index (χ0n) is 10.0. The molecule has 2 heteroatoms. The molecule has 0 aliphatic heterocycles. The Bertz CT molecular complexity index is 558. The molecule has 0 saturated heterocycles. The normalized spacial score (nSPS) is 15.4. The maximum Gasteiger partial charge on any atom is 0.0720 e. The van der Waals surface area contributed by atoms with E-state index in [4.69, 9.17) is 16.6 Å². The number of nitrogens with zero attached hydrogens (tertiary/aromatic N) is 1. The van der Waals surface area contributed by atoms with Crippen molar-refractivity contribution < 1.29 is 0 Å². The lowest BCUT2D eigenvalue weighted by Gasteiger charge is -2.06. The molecule has 0 amide bonds. The largest absolute Gasteiger partial charge is 0.252 e. The Kier molecular flexibility index (Phi) is 2.79. The van der Waals surface area contributed by atoms with E-state index in [-0.39, 0.29) is 0 Å². The van der Waals surface area contributed by atoms with Gasteiger partial charge in [0.1, 0.15) is 0 Å². The van der Waals surface area contributed by atoms with Gasteiger partial charge in [-0.2, -0.15) is 0 Å². The van der Waals surface area contributed by atoms with Gasteiger partial charge in [-0.15, -0.1) is 0 Å². The summed E-state index contributed by atoms with van der Waals surface area (Å²) in [6.45, 7) is 2.19. The van der Waals surface area contributed by atoms with Gasteiger partial charge in [0.05, 0.1) is 10.5 Å². The molecule has 3 rings (SSSR count). The average molecular weight is 246 g/mol. The topological polar surface area (TPSA) is 12.9 Å². The van der Waals surface area contributed by atoms with Crippen molar-refractivity contribution in [1.29, 1.82) is 0 Å². The fraction of sp³-hybridized carbons (Fsp3) is 0.400. The molecule has 1 aliphatic carbocycles. The van der Waals surface area contributed by atoms with E-state index in [9.17, 15) is 0 Å². The minimum absolute atomic E-state index is 0.659. The van der Waals surface area contributed by atoms with Crippen LogP contribution < -0.4 is 0 Å². The molecule has 1 heterocycles. The molecular formula is C15H16ClN. The lowest BCUT2D eigenvalue weighted by molar-refractivity contribution is 0.923. The van der Waals surface area contributed by atoms with Crippen molar-refractivity contribution in [2.45, 2.75) is 38.5 Å². The second-order valence-electron chi connectivity index (χ2n) is 4.90. The predicted molar refractivity (Wildman–Crippen MR) is 72.7 cm³/mol. The van der Waals surface area contributed by atoms with E-state index in [0.29, 0.717) is 5.92 Å². The minimum atomic E-state index is 0.659. The summed E-state index contributed by atoms with van der Waals surface area (Å²) in [4.78, 5) is 4.71. The van der Waals surface area contributed by atoms with Crippen molar-refractivity contribution >= 4 is 22.5 Å². The Morgan fingerprint density at radius 1 is 1.29 bits per heavy atom. The van der Waals surface area contributed by atoms with Crippen LogP contribution in [0, 0.1) is 0 Å². The second-order valence-corrected chi connectivity index (χ2v) is 5.31. The number of hydrogen-bond acceptors (Lipinski definition) is 1. The van der Waals surface area contributed by atoms with E-state index in [1.54, 1.807) is 0 Å². The zero-order chi connectivity index (χ0) is 11.8. The number of aryl methyl sites for hydroxylation is 1. The molecule has 0 N–H and O–H groups in total. The Morgan fingerprint density at radius 3 is 2.82 bits per heavy atom. The first-order chi connectivity index (χ1) is 8.28. The first kappa shape index (κ1) is 11.0. The molecule has 0 atom stereocenters. The van der Waals surface area contributed by atoms with Crippen molar-refractivity contribution in [3.63, 3.8) is 0 Å². The van der Waals surface area contributed by atoms with E-state index in [0.717, 1.165) is 28.8 Å². The fourth-order valence-electron chi connectivity index (χ4n) is 2.28. The highest BCUT2D eigenvalue weighted by molar-refractivity contribution is 6.35. The third-order valence-corrected chi connectivity index (χ3v) is 3.69. The molecule has 1 saturated carbocycles. The summed E-state index contributed by atoms with van der Waals surface area (Å²) in [7, 11) is 0. The van der Waals surface area contributed by atoms with E-state index in [1.165, 1.54) is 24.1 Å². The summed E-state index contributed by atoms with van der Waals surface area (Å²) in [6, 6.07) is 8.52. The van der Waals surface area contributed by atoms with Gasteiger partial charge in [-0.05, 0) is 43.0 Å². The summed E-state index contributed by atoms with van der Waals surface area (Å²) in [6.07, 6.45) is 4.80. The summed E-state index contributed by atoms with van der Waals surface area (Å²) >= 11 is 6.37. The van der Waals surface area contributed by atoms with Crippen molar-refractivity contribution in [3.05, 3.63) is 40.5 Å². The van der Waals surface area contributed by atoms with Gasteiger partial charge < -0.3 is 0 Å². The Morgan fingerprint density at radius 2 is 2.12 bits per heavy atom. The molecule has 88 valence electrons. The number of rotatable bonds is 3. The molecule has 17 heavy (non-hydrogen) atoms. The maximum absolute atomic E-state index is 6.37. The molecular weight excluding hydrogens is 230 g/mol. The molecule has 2 aromatic rings. The van der Waals surface area contributed by atoms with Crippen LogP contribution in [0.15, 0.2) is 24.3 Å². The van der Waals surface area contributed by atoms with Crippen LogP contribution in [0.1, 0.15) is 43.4 Å². The van der Waals surface area contributed by atoms with Gasteiger partial charge in [-0.1, -0.05) is 31.0 Å². The highest BCUT2D eigenvalue weighted by Gasteiger charge is 2.25. The van der Waals surface area contributed by atoms with Gasteiger partial charge in [0, 0.05) is 17.0 Å². The molecule has 1 aliphatic rings. The van der Waals surface area contributed by atoms with Crippen LogP contribution in [0.3, 0.4) is 0 Å². The van der Waals surface area contributed by atoms with E-state index >= 15 is 0 Å². The fourth-order valence-corrected chi connectivity index (χ4v) is 2.55. The van der Waals surface area contributed by atoms with Crippen LogP contribution in [0.5, 0.6) is 0 Å². The van der Waals surface area contributed by atoms with Gasteiger partial charge in [0.15, 0.2) is 0 Å². The van der Waals surface area contributed by atoms with Crippen molar-refractivity contribution in [2.24, 2.45) is 0 Å². The quantitative estimate of drug-likeness (QED) is 0.763. The summed E-state index contributed by atoms with van der Waals surface area (Å²) < 4.78 is 0. The Balaban J connectivity index is 2.10. The van der Waals surface area contributed by atoms with Gasteiger partial charge in [0.2, 0.25) is 0 Å². The molecule has 0 unspecified atom stereocenters. The minimum Gasteiger partial charge on any atom is -0.252 e. The number of hydrogen-bond donors (Lipinski definition) is 0. The zero-order valence-corrected chi connectivity index (χ0v) is 10.8. The van der Waals surface area contributed by atoms with Crippen LogP contribution in [-0.4, -0.2) is 4.98 Å². The SMILES string of the molecule is CCCc1ccc2nc(C3CC3)cc(Cl)c2c1. The standard InChI is InChI=1S/C15H16ClN/c1-2-3-10-4-7-14-12(8-10)13(16)9-15(17-14)11-5-6-11/h4,7-9,11H,2-3,5-6H2,1H3.